The number of nitrogens with zero attached hydrogens (tertiary/aromatic N) is 2. The Bertz CT molecular complexity index is 1440. The highest BCUT2D eigenvalue weighted by Gasteiger charge is 2.37. The molecule has 3 aromatic rings. The topological polar surface area (TPSA) is 71.8 Å². The summed E-state index contributed by atoms with van der Waals surface area (Å²) in [7, 11) is 0. The maximum Gasteiger partial charge on any atom is 0.250 e. The molecule has 0 radical (unpaired) electrons. The number of ether oxygens (including phenoxy) is 1. The van der Waals surface area contributed by atoms with Gasteiger partial charge >= 0.3 is 0 Å². The second kappa shape index (κ2) is 8.55. The fourth-order valence-electron chi connectivity index (χ4n) is 5.58. The number of aromatic nitrogens is 1. The SMILES string of the molecule is O=C1/C(=C/c2c(Cl)cccc2Cl)Oc2c1ccc(O)c2CN1C[C@H]2C[C@@H](C1)c1cccc(=O)n1C2. The number of pyridine rings is 1. The van der Waals surface area contributed by atoms with Crippen LogP contribution in [0.1, 0.15) is 39.5 Å². The molecule has 0 aliphatic carbocycles. The molecule has 178 valence electrons. The molecule has 6 rings (SSSR count). The maximum atomic E-state index is 13.1. The van der Waals surface area contributed by atoms with Crippen LogP contribution in [0.3, 0.4) is 0 Å². The minimum absolute atomic E-state index is 0.0500. The van der Waals surface area contributed by atoms with E-state index >= 15 is 0 Å². The Labute approximate surface area is 212 Å². The summed E-state index contributed by atoms with van der Waals surface area (Å²) < 4.78 is 7.91. The number of carbonyl (C=O) groups excluding carboxylic acids is 1. The number of aromatic hydroxyl groups is 1. The van der Waals surface area contributed by atoms with Crippen LogP contribution in [0.15, 0.2) is 59.1 Å². The third-order valence-corrected chi connectivity index (χ3v) is 7.79. The molecular weight excluding hydrogens is 487 g/mol. The second-order valence-corrected chi connectivity index (χ2v) is 10.2. The average Bonchev–Trinajstić information content (AvgIpc) is 3.14. The molecule has 2 atom stereocenters. The van der Waals surface area contributed by atoms with Gasteiger partial charge in [-0.25, -0.2) is 0 Å². The van der Waals surface area contributed by atoms with E-state index in [1.54, 1.807) is 42.5 Å². The molecule has 2 aromatic carbocycles. The van der Waals surface area contributed by atoms with Gasteiger partial charge in [0.25, 0.3) is 5.56 Å². The molecule has 1 aromatic heterocycles. The van der Waals surface area contributed by atoms with Gasteiger partial charge in [0.1, 0.15) is 11.5 Å². The van der Waals surface area contributed by atoms with Crippen LogP contribution >= 0.6 is 23.2 Å². The van der Waals surface area contributed by atoms with Crippen molar-refractivity contribution in [2.24, 2.45) is 5.92 Å². The molecule has 0 spiro atoms. The van der Waals surface area contributed by atoms with E-state index in [0.29, 0.717) is 51.5 Å². The maximum absolute atomic E-state index is 13.1. The normalized spacial score (nSPS) is 22.1. The van der Waals surface area contributed by atoms with Gasteiger partial charge in [-0.1, -0.05) is 35.3 Å². The summed E-state index contributed by atoms with van der Waals surface area (Å²) in [6.45, 7) is 2.69. The number of halogens is 2. The number of phenolic OH excluding ortho intramolecular Hbond substituents is 1. The van der Waals surface area contributed by atoms with Gasteiger partial charge < -0.3 is 14.4 Å². The summed E-state index contributed by atoms with van der Waals surface area (Å²) in [4.78, 5) is 27.7. The number of hydrogen-bond acceptors (Lipinski definition) is 5. The van der Waals surface area contributed by atoms with Gasteiger partial charge in [-0.2, -0.15) is 0 Å². The molecule has 0 saturated carbocycles. The first-order valence-corrected chi connectivity index (χ1v) is 12.3. The molecule has 1 N–H and O–H groups in total. The molecule has 0 amide bonds. The summed E-state index contributed by atoms with van der Waals surface area (Å²) in [5.74, 6) is 0.890. The number of allylic oxidation sites excluding steroid dienone is 1. The Balaban J connectivity index is 1.30. The highest BCUT2D eigenvalue weighted by Crippen LogP contribution is 2.42. The van der Waals surface area contributed by atoms with E-state index in [-0.39, 0.29) is 28.8 Å². The number of hydrogen-bond donors (Lipinski definition) is 1. The molecule has 35 heavy (non-hydrogen) atoms. The number of fused-ring (bicyclic) bond motifs is 5. The van der Waals surface area contributed by atoms with E-state index < -0.39 is 0 Å². The van der Waals surface area contributed by atoms with Gasteiger partial charge in [0.2, 0.25) is 5.78 Å². The summed E-state index contributed by atoms with van der Waals surface area (Å²) in [6.07, 6.45) is 2.59. The fourth-order valence-corrected chi connectivity index (χ4v) is 6.08. The van der Waals surface area contributed by atoms with Crippen LogP contribution in [0.25, 0.3) is 6.08 Å². The zero-order valence-electron chi connectivity index (χ0n) is 18.7. The van der Waals surface area contributed by atoms with Crippen LogP contribution in [-0.2, 0) is 13.1 Å². The van der Waals surface area contributed by atoms with E-state index in [0.717, 1.165) is 25.2 Å². The van der Waals surface area contributed by atoms with Crippen molar-refractivity contribution in [1.82, 2.24) is 9.47 Å². The van der Waals surface area contributed by atoms with E-state index in [4.69, 9.17) is 27.9 Å². The highest BCUT2D eigenvalue weighted by molar-refractivity contribution is 6.37. The smallest absolute Gasteiger partial charge is 0.250 e. The molecular formula is C27H22Cl2N2O4. The largest absolute Gasteiger partial charge is 0.507 e. The van der Waals surface area contributed by atoms with Crippen molar-refractivity contribution in [2.75, 3.05) is 13.1 Å². The lowest BCUT2D eigenvalue weighted by Gasteiger charge is -2.42. The zero-order valence-corrected chi connectivity index (χ0v) is 20.2. The highest BCUT2D eigenvalue weighted by atomic mass is 35.5. The number of piperidine rings is 1. The molecule has 3 aliphatic heterocycles. The number of carbonyl (C=O) groups is 1. The summed E-state index contributed by atoms with van der Waals surface area (Å²) >= 11 is 12.6. The quantitative estimate of drug-likeness (QED) is 0.498. The van der Waals surface area contributed by atoms with Crippen LogP contribution in [0.2, 0.25) is 10.0 Å². The van der Waals surface area contributed by atoms with Gasteiger partial charge in [0.05, 0.1) is 11.1 Å². The van der Waals surface area contributed by atoms with Gasteiger partial charge in [-0.15, -0.1) is 0 Å². The molecule has 3 aliphatic rings. The van der Waals surface area contributed by atoms with Crippen LogP contribution in [0, 0.1) is 5.92 Å². The summed E-state index contributed by atoms with van der Waals surface area (Å²) in [5.41, 5.74) is 2.61. The lowest BCUT2D eigenvalue weighted by molar-refractivity contribution is 0.101. The molecule has 4 heterocycles. The first kappa shape index (κ1) is 22.4. The average molecular weight is 509 g/mol. The monoisotopic (exact) mass is 508 g/mol. The standard InChI is InChI=1S/C27H22Cl2N2O4/c28-20-3-1-4-21(29)18(20)10-24-26(34)17-7-8-23(32)19(27(17)35-24)14-30-11-15-9-16(13-30)22-5-2-6-25(33)31(22)12-15/h1-8,10,15-16,32H,9,11-14H2/b24-10-/t15-,16+/m1/s1. The Morgan fingerprint density at radius 1 is 1.00 bits per heavy atom. The Kier molecular flexibility index (Phi) is 5.48. The number of likely N-dealkylation sites (tertiary alicyclic amines) is 1. The van der Waals surface area contributed by atoms with Gasteiger partial charge in [-0.05, 0) is 48.7 Å². The number of Topliss-reactive ketones (excluding diaryl/α,β-unsaturated/α-hetero) is 1. The van der Waals surface area contributed by atoms with Crippen LogP contribution in [-0.4, -0.2) is 33.4 Å². The van der Waals surface area contributed by atoms with E-state index in [2.05, 4.69) is 4.90 Å². The lowest BCUT2D eigenvalue weighted by Crippen LogP contribution is -2.46. The van der Waals surface area contributed by atoms with Gasteiger partial charge in [-0.3, -0.25) is 14.5 Å². The molecule has 2 bridgehead atoms. The van der Waals surface area contributed by atoms with E-state index in [1.807, 2.05) is 16.7 Å². The molecule has 6 nitrogen and oxygen atoms in total. The predicted molar refractivity (Wildman–Crippen MR) is 134 cm³/mol. The van der Waals surface area contributed by atoms with Crippen molar-refractivity contribution in [3.05, 3.63) is 97.1 Å². The number of phenols is 1. The minimum Gasteiger partial charge on any atom is -0.507 e. The van der Waals surface area contributed by atoms with Crippen molar-refractivity contribution in [2.45, 2.75) is 25.4 Å². The third-order valence-electron chi connectivity index (χ3n) is 7.13. The second-order valence-electron chi connectivity index (χ2n) is 9.41. The molecule has 0 unspecified atom stereocenters. The molecule has 1 fully saturated rings. The van der Waals surface area contributed by atoms with Crippen molar-refractivity contribution in [3.8, 4) is 11.5 Å². The number of benzene rings is 2. The van der Waals surface area contributed by atoms with Crippen molar-refractivity contribution < 1.29 is 14.6 Å². The van der Waals surface area contributed by atoms with Crippen molar-refractivity contribution in [1.29, 1.82) is 0 Å². The summed E-state index contributed by atoms with van der Waals surface area (Å²) in [5, 5.41) is 11.6. The van der Waals surface area contributed by atoms with E-state index in [9.17, 15) is 14.7 Å². The third kappa shape index (κ3) is 3.86. The number of rotatable bonds is 3. The Morgan fingerprint density at radius 3 is 2.57 bits per heavy atom. The molecule has 8 heteroatoms. The van der Waals surface area contributed by atoms with Crippen LogP contribution in [0.5, 0.6) is 11.5 Å². The van der Waals surface area contributed by atoms with Crippen LogP contribution in [0.4, 0.5) is 0 Å². The first-order valence-electron chi connectivity index (χ1n) is 11.5. The first-order chi connectivity index (χ1) is 16.9. The zero-order chi connectivity index (χ0) is 24.3. The van der Waals surface area contributed by atoms with Crippen molar-refractivity contribution in [3.63, 3.8) is 0 Å². The Morgan fingerprint density at radius 2 is 1.77 bits per heavy atom. The van der Waals surface area contributed by atoms with Crippen LogP contribution < -0.4 is 10.3 Å². The molecule has 1 saturated heterocycles. The fraction of sp³-hybridized carbons (Fsp3) is 0.259. The summed E-state index contributed by atoms with van der Waals surface area (Å²) in [6, 6.07) is 13.7. The predicted octanol–water partition coefficient (Wildman–Crippen LogP) is 5.10. The number of ketones is 1. The minimum atomic E-state index is -0.277. The van der Waals surface area contributed by atoms with Gasteiger partial charge in [0.15, 0.2) is 5.76 Å². The lowest BCUT2D eigenvalue weighted by atomic mass is 9.83. The Hall–Kier alpha value is -3.06. The van der Waals surface area contributed by atoms with Gasteiger partial charge in [0, 0.05) is 59.5 Å². The van der Waals surface area contributed by atoms with Crippen molar-refractivity contribution >= 4 is 35.1 Å². The van der Waals surface area contributed by atoms with E-state index in [1.165, 1.54) is 0 Å².